The minimum absolute atomic E-state index is 0.520. The minimum atomic E-state index is -1.83. The first-order valence-corrected chi connectivity index (χ1v) is 4.20. The van der Waals surface area contributed by atoms with Gasteiger partial charge in [-0.2, -0.15) is 0 Å². The lowest BCUT2D eigenvalue weighted by Gasteiger charge is -2.22. The SMILES string of the molecule is C[C@H]1CC[C@H](N)CC1.O=C(O)O. The summed E-state index contributed by atoms with van der Waals surface area (Å²) in [6.07, 6.45) is 3.37. The maximum Gasteiger partial charge on any atom is 0.503 e. The summed E-state index contributed by atoms with van der Waals surface area (Å²) in [5, 5.41) is 13.9. The van der Waals surface area contributed by atoms with Crippen LogP contribution in [0.1, 0.15) is 32.6 Å². The van der Waals surface area contributed by atoms with Crippen LogP contribution in [0.4, 0.5) is 4.79 Å². The van der Waals surface area contributed by atoms with Crippen LogP contribution in [0, 0.1) is 5.92 Å². The Bertz CT molecular complexity index is 116. The van der Waals surface area contributed by atoms with Gasteiger partial charge in [-0.1, -0.05) is 6.92 Å². The van der Waals surface area contributed by atoms with Crippen LogP contribution in [-0.4, -0.2) is 22.4 Å². The van der Waals surface area contributed by atoms with E-state index in [2.05, 4.69) is 6.92 Å². The normalized spacial score (nSPS) is 28.5. The lowest BCUT2D eigenvalue weighted by Crippen LogP contribution is -2.25. The molecule has 1 aliphatic carbocycles. The molecule has 12 heavy (non-hydrogen) atoms. The maximum absolute atomic E-state index is 8.56. The van der Waals surface area contributed by atoms with Crippen LogP contribution in [0.3, 0.4) is 0 Å². The van der Waals surface area contributed by atoms with Gasteiger partial charge in [0.15, 0.2) is 0 Å². The van der Waals surface area contributed by atoms with Crippen molar-refractivity contribution < 1.29 is 15.0 Å². The zero-order valence-corrected chi connectivity index (χ0v) is 7.36. The van der Waals surface area contributed by atoms with Crippen molar-refractivity contribution in [3.8, 4) is 0 Å². The second-order valence-electron chi connectivity index (χ2n) is 3.30. The summed E-state index contributed by atoms with van der Waals surface area (Å²) in [6.45, 7) is 2.31. The zero-order chi connectivity index (χ0) is 9.56. The van der Waals surface area contributed by atoms with E-state index < -0.39 is 6.16 Å². The number of carboxylic acid groups (broad SMARTS) is 2. The molecule has 4 nitrogen and oxygen atoms in total. The predicted octanol–water partition coefficient (Wildman–Crippen LogP) is 1.75. The van der Waals surface area contributed by atoms with Crippen molar-refractivity contribution in [2.45, 2.75) is 38.6 Å². The molecule has 0 heterocycles. The van der Waals surface area contributed by atoms with Gasteiger partial charge in [-0.3, -0.25) is 0 Å². The summed E-state index contributed by atoms with van der Waals surface area (Å²) in [5.41, 5.74) is 5.70. The third-order valence-electron chi connectivity index (χ3n) is 2.06. The van der Waals surface area contributed by atoms with E-state index in [1.807, 2.05) is 0 Å². The fourth-order valence-electron chi connectivity index (χ4n) is 1.29. The Kier molecular flexibility index (Phi) is 5.45. The second kappa shape index (κ2) is 5.83. The molecular weight excluding hydrogens is 158 g/mol. The van der Waals surface area contributed by atoms with Crippen LogP contribution in [0.2, 0.25) is 0 Å². The third-order valence-corrected chi connectivity index (χ3v) is 2.06. The molecular formula is C8H17NO3. The van der Waals surface area contributed by atoms with E-state index in [1.165, 1.54) is 25.7 Å². The number of hydrogen-bond donors (Lipinski definition) is 3. The molecule has 0 spiro atoms. The maximum atomic E-state index is 8.56. The summed E-state index contributed by atoms with van der Waals surface area (Å²) in [6, 6.07) is 0.520. The predicted molar refractivity (Wildman–Crippen MR) is 46.3 cm³/mol. The summed E-state index contributed by atoms with van der Waals surface area (Å²) in [4.78, 5) is 8.56. The Morgan fingerprint density at radius 2 is 1.58 bits per heavy atom. The molecule has 0 amide bonds. The molecule has 1 saturated carbocycles. The van der Waals surface area contributed by atoms with E-state index in [0.29, 0.717) is 6.04 Å². The van der Waals surface area contributed by atoms with Crippen molar-refractivity contribution in [2.24, 2.45) is 11.7 Å². The summed E-state index contributed by atoms with van der Waals surface area (Å²) in [5.74, 6) is 0.940. The largest absolute Gasteiger partial charge is 0.503 e. The Balaban J connectivity index is 0.000000261. The lowest BCUT2D eigenvalue weighted by molar-refractivity contribution is 0.137. The molecule has 0 aromatic heterocycles. The van der Waals surface area contributed by atoms with Gasteiger partial charge >= 0.3 is 6.16 Å². The highest BCUT2D eigenvalue weighted by atomic mass is 16.6. The molecule has 4 heteroatoms. The van der Waals surface area contributed by atoms with Crippen LogP contribution in [0.25, 0.3) is 0 Å². The number of hydrogen-bond acceptors (Lipinski definition) is 2. The highest BCUT2D eigenvalue weighted by molar-refractivity contribution is 5.53. The fraction of sp³-hybridized carbons (Fsp3) is 0.875. The summed E-state index contributed by atoms with van der Waals surface area (Å²) >= 11 is 0. The Morgan fingerprint density at radius 3 is 1.83 bits per heavy atom. The molecule has 0 atom stereocenters. The van der Waals surface area contributed by atoms with Crippen LogP contribution in [0.15, 0.2) is 0 Å². The third kappa shape index (κ3) is 7.34. The Labute approximate surface area is 72.4 Å². The average molecular weight is 175 g/mol. The van der Waals surface area contributed by atoms with E-state index in [0.717, 1.165) is 5.92 Å². The van der Waals surface area contributed by atoms with Crippen LogP contribution >= 0.6 is 0 Å². The van der Waals surface area contributed by atoms with E-state index >= 15 is 0 Å². The minimum Gasteiger partial charge on any atom is -0.450 e. The number of rotatable bonds is 0. The van der Waals surface area contributed by atoms with Gasteiger partial charge in [0.05, 0.1) is 0 Å². The number of nitrogens with two attached hydrogens (primary N) is 1. The first-order valence-electron chi connectivity index (χ1n) is 4.20. The van der Waals surface area contributed by atoms with Crippen molar-refractivity contribution in [1.29, 1.82) is 0 Å². The average Bonchev–Trinajstić information content (AvgIpc) is 1.94. The standard InChI is InChI=1S/C7H15N.CH2O3/c1-6-2-4-7(8)5-3-6;2-1(3)4/h6-7H,2-5,8H2,1H3;(H2,2,3,4)/t6-,7-;. The summed E-state index contributed by atoms with van der Waals surface area (Å²) < 4.78 is 0. The molecule has 0 aliphatic heterocycles. The van der Waals surface area contributed by atoms with Crippen molar-refractivity contribution in [2.75, 3.05) is 0 Å². The van der Waals surface area contributed by atoms with Crippen molar-refractivity contribution in [3.63, 3.8) is 0 Å². The molecule has 0 unspecified atom stereocenters. The van der Waals surface area contributed by atoms with Crippen LogP contribution in [-0.2, 0) is 0 Å². The Hall–Kier alpha value is -0.770. The van der Waals surface area contributed by atoms with Gasteiger partial charge < -0.3 is 15.9 Å². The van der Waals surface area contributed by atoms with E-state index in [9.17, 15) is 0 Å². The van der Waals surface area contributed by atoms with Crippen LogP contribution < -0.4 is 5.73 Å². The smallest absolute Gasteiger partial charge is 0.450 e. The highest BCUT2D eigenvalue weighted by Gasteiger charge is 2.13. The molecule has 0 radical (unpaired) electrons. The molecule has 0 aromatic rings. The van der Waals surface area contributed by atoms with Gasteiger partial charge in [-0.05, 0) is 31.6 Å². The van der Waals surface area contributed by atoms with Crippen molar-refractivity contribution in [3.05, 3.63) is 0 Å². The molecule has 4 N–H and O–H groups in total. The summed E-state index contributed by atoms with van der Waals surface area (Å²) in [7, 11) is 0. The number of carbonyl (C=O) groups is 1. The van der Waals surface area contributed by atoms with Gasteiger partial charge in [-0.25, -0.2) is 4.79 Å². The van der Waals surface area contributed by atoms with Gasteiger partial charge in [0.2, 0.25) is 0 Å². The molecule has 72 valence electrons. The lowest BCUT2D eigenvalue weighted by atomic mass is 9.88. The molecule has 0 saturated heterocycles. The van der Waals surface area contributed by atoms with Gasteiger partial charge in [0, 0.05) is 6.04 Å². The van der Waals surface area contributed by atoms with E-state index in [4.69, 9.17) is 20.7 Å². The van der Waals surface area contributed by atoms with Crippen LogP contribution in [0.5, 0.6) is 0 Å². The first kappa shape index (κ1) is 11.2. The highest BCUT2D eigenvalue weighted by Crippen LogP contribution is 2.21. The molecule has 0 aromatic carbocycles. The quantitative estimate of drug-likeness (QED) is 0.523. The molecule has 0 bridgehead atoms. The van der Waals surface area contributed by atoms with Gasteiger partial charge in [0.1, 0.15) is 0 Å². The molecule has 1 fully saturated rings. The van der Waals surface area contributed by atoms with Gasteiger partial charge in [-0.15, -0.1) is 0 Å². The molecule has 1 aliphatic rings. The second-order valence-corrected chi connectivity index (χ2v) is 3.30. The van der Waals surface area contributed by atoms with Crippen molar-refractivity contribution >= 4 is 6.16 Å². The molecule has 1 rings (SSSR count). The monoisotopic (exact) mass is 175 g/mol. The fourth-order valence-corrected chi connectivity index (χ4v) is 1.29. The Morgan fingerprint density at radius 1 is 1.25 bits per heavy atom. The van der Waals surface area contributed by atoms with Gasteiger partial charge in [0.25, 0.3) is 0 Å². The van der Waals surface area contributed by atoms with E-state index in [-0.39, 0.29) is 0 Å². The zero-order valence-electron chi connectivity index (χ0n) is 7.36. The van der Waals surface area contributed by atoms with E-state index in [1.54, 1.807) is 0 Å². The van der Waals surface area contributed by atoms with Crippen molar-refractivity contribution in [1.82, 2.24) is 0 Å². The first-order chi connectivity index (χ1) is 5.52. The topological polar surface area (TPSA) is 83.6 Å².